The minimum atomic E-state index is -5.22. The van der Waals surface area contributed by atoms with Crippen LogP contribution in [0, 0.1) is 10.1 Å². The molecule has 204 valence electrons. The van der Waals surface area contributed by atoms with Crippen molar-refractivity contribution < 1.29 is 50.7 Å². The first kappa shape index (κ1) is 28.3. The van der Waals surface area contributed by atoms with Crippen LogP contribution in [-0.4, -0.2) is 75.0 Å². The fourth-order valence-electron chi connectivity index (χ4n) is 3.87. The summed E-state index contributed by atoms with van der Waals surface area (Å²) in [5.41, 5.74) is 0.865. The number of carbonyl (C=O) groups is 2. The number of ether oxygens (including phenoxy) is 3. The van der Waals surface area contributed by atoms with E-state index in [0.29, 0.717) is 0 Å². The van der Waals surface area contributed by atoms with Crippen molar-refractivity contribution in [2.75, 3.05) is 26.8 Å². The van der Waals surface area contributed by atoms with Gasteiger partial charge < -0.3 is 19.3 Å². The molecule has 0 amide bonds. The van der Waals surface area contributed by atoms with Gasteiger partial charge in [-0.2, -0.15) is 5.10 Å². The van der Waals surface area contributed by atoms with Gasteiger partial charge >= 0.3 is 11.9 Å². The van der Waals surface area contributed by atoms with Crippen molar-refractivity contribution in [3.63, 3.8) is 0 Å². The zero-order valence-electron chi connectivity index (χ0n) is 19.9. The minimum Gasteiger partial charge on any atom is -0.508 e. The maximum atomic E-state index is 13.6. The molecule has 0 saturated carbocycles. The summed E-state index contributed by atoms with van der Waals surface area (Å²) in [5.74, 6) is -4.86. The topological polar surface area (TPSA) is 218 Å². The second-order valence-corrected chi connectivity index (χ2v) is 12.0. The zero-order chi connectivity index (χ0) is 28.4. The molecule has 15 nitrogen and oxygen atoms in total. The van der Waals surface area contributed by atoms with E-state index in [0.717, 1.165) is 50.6 Å². The number of phenols is 1. The molecule has 2 N–H and O–H groups in total. The number of nitrogens with one attached hydrogen (secondary N) is 1. The molecule has 0 spiro atoms. The number of anilines is 1. The third kappa shape index (κ3) is 4.97. The van der Waals surface area contributed by atoms with Gasteiger partial charge in [-0.3, -0.25) is 25.1 Å². The van der Waals surface area contributed by atoms with E-state index in [1.54, 1.807) is 0 Å². The maximum Gasteiger partial charge on any atom is 0.325 e. The number of aromatic hydroxyl groups is 1. The molecule has 38 heavy (non-hydrogen) atoms. The number of phenolic OH excluding ortho intramolecular Hbond substituents is 1. The predicted molar refractivity (Wildman–Crippen MR) is 131 cm³/mol. The van der Waals surface area contributed by atoms with E-state index in [9.17, 15) is 41.6 Å². The number of nitrogens with zero attached hydrogens (tertiary/aromatic N) is 2. The number of carbonyl (C=O) groups excluding carboxylic acids is 2. The molecule has 1 fully saturated rings. The second kappa shape index (κ2) is 10.6. The first-order chi connectivity index (χ1) is 17.8. The maximum absolute atomic E-state index is 13.6. The fourth-order valence-corrected chi connectivity index (χ4v) is 8.76. The molecule has 1 saturated heterocycles. The Morgan fingerprint density at radius 1 is 0.947 bits per heavy atom. The number of esters is 2. The van der Waals surface area contributed by atoms with Crippen molar-refractivity contribution >= 4 is 47.4 Å². The molecule has 2 aromatic carbocycles. The van der Waals surface area contributed by atoms with Gasteiger partial charge in [0, 0.05) is 5.92 Å². The highest BCUT2D eigenvalue weighted by Crippen LogP contribution is 2.41. The Bertz CT molecular complexity index is 1460. The number of hydrogen-bond donors (Lipinski definition) is 2. The van der Waals surface area contributed by atoms with Gasteiger partial charge in [0.25, 0.3) is 10.1 Å². The Balaban J connectivity index is 2.28. The van der Waals surface area contributed by atoms with Crippen LogP contribution < -0.4 is 10.2 Å². The predicted octanol–water partition coefficient (Wildman–Crippen LogP) is 0.702. The number of rotatable bonds is 7. The number of hydrogen-bond acceptors (Lipinski definition) is 14. The number of sulfone groups is 2. The highest BCUT2D eigenvalue weighted by atomic mass is 32.3. The largest absolute Gasteiger partial charge is 0.508 e. The van der Waals surface area contributed by atoms with E-state index >= 15 is 0 Å². The number of methoxy groups -OCH3 is 3. The van der Waals surface area contributed by atoms with Crippen LogP contribution in [0.15, 0.2) is 47.6 Å². The standard InChI is InChI=1S/C21H21N3O12S2/c1-34-13-8-9-14(15(10-13)24(28)29)22-23-21-37(30,31)17(19(26)35-2)16(11-4-6-12(25)7-5-11)18(20(27)36-3)38(21,32)33/h4-10,16-18,22,25H,1-3H3. The number of nitro benzene ring substituents is 1. The molecule has 1 aliphatic heterocycles. The van der Waals surface area contributed by atoms with Crippen LogP contribution in [0.3, 0.4) is 0 Å². The average Bonchev–Trinajstić information content (AvgIpc) is 2.87. The third-order valence-electron chi connectivity index (χ3n) is 5.62. The van der Waals surface area contributed by atoms with Gasteiger partial charge in [0.05, 0.1) is 32.3 Å². The first-order valence-electron chi connectivity index (χ1n) is 10.4. The SMILES string of the molecule is COC(=O)C1C(c2ccc(O)cc2)C(C(=O)OC)S(=O)(=O)C(=NNc2ccc(OC)cc2[N+](=O)[O-])S1(=O)=O. The van der Waals surface area contributed by atoms with Gasteiger partial charge in [0.15, 0.2) is 10.5 Å². The third-order valence-corrected chi connectivity index (χ3v) is 10.5. The summed E-state index contributed by atoms with van der Waals surface area (Å²) in [7, 11) is -7.48. The van der Waals surface area contributed by atoms with Crippen molar-refractivity contribution in [2.24, 2.45) is 5.10 Å². The first-order valence-corrected chi connectivity index (χ1v) is 13.5. The summed E-state index contributed by atoms with van der Waals surface area (Å²) in [5, 5.41) is 19.9. The van der Waals surface area contributed by atoms with Crippen molar-refractivity contribution in [1.82, 2.24) is 0 Å². The Morgan fingerprint density at radius 3 is 1.92 bits per heavy atom. The summed E-state index contributed by atoms with van der Waals surface area (Å²) in [4.78, 5) is 36.1. The summed E-state index contributed by atoms with van der Waals surface area (Å²) < 4.78 is 66.8. The molecule has 3 rings (SSSR count). The van der Waals surface area contributed by atoms with Crippen LogP contribution in [0.1, 0.15) is 11.5 Å². The Kier molecular flexibility index (Phi) is 7.92. The summed E-state index contributed by atoms with van der Waals surface area (Å²) >= 11 is 0. The minimum absolute atomic E-state index is 0.0704. The van der Waals surface area contributed by atoms with Crippen LogP contribution in [0.4, 0.5) is 11.4 Å². The van der Waals surface area contributed by atoms with E-state index in [4.69, 9.17) is 4.74 Å². The van der Waals surface area contributed by atoms with Crippen molar-refractivity contribution in [1.29, 1.82) is 0 Å². The van der Waals surface area contributed by atoms with Crippen molar-refractivity contribution in [2.45, 2.75) is 16.4 Å². The molecule has 1 aliphatic rings. The van der Waals surface area contributed by atoms with Crippen LogP contribution in [0.2, 0.25) is 0 Å². The van der Waals surface area contributed by atoms with E-state index < -0.39 is 68.7 Å². The molecule has 2 aromatic rings. The molecule has 2 atom stereocenters. The van der Waals surface area contributed by atoms with Crippen molar-refractivity contribution in [3.8, 4) is 11.5 Å². The summed E-state index contributed by atoms with van der Waals surface area (Å²) in [6.45, 7) is 0. The molecule has 0 radical (unpaired) electrons. The Morgan fingerprint density at radius 2 is 1.47 bits per heavy atom. The van der Waals surface area contributed by atoms with Crippen LogP contribution in [0.25, 0.3) is 0 Å². The van der Waals surface area contributed by atoms with Gasteiger partial charge in [0.2, 0.25) is 19.7 Å². The molecule has 0 aromatic heterocycles. The van der Waals surface area contributed by atoms with Gasteiger partial charge in [-0.25, -0.2) is 16.8 Å². The lowest BCUT2D eigenvalue weighted by molar-refractivity contribution is -0.384. The highest BCUT2D eigenvalue weighted by molar-refractivity contribution is 8.32. The number of hydrazone groups is 1. The van der Waals surface area contributed by atoms with E-state index in [2.05, 4.69) is 14.6 Å². The Labute approximate surface area is 216 Å². The molecular formula is C21H21N3O12S2. The average molecular weight is 572 g/mol. The van der Waals surface area contributed by atoms with Crippen LogP contribution in [0.5, 0.6) is 11.5 Å². The van der Waals surface area contributed by atoms with E-state index in [1.165, 1.54) is 13.2 Å². The molecule has 2 unspecified atom stereocenters. The monoisotopic (exact) mass is 571 g/mol. The Hall–Kier alpha value is -4.25. The normalized spacial score (nSPS) is 21.6. The second-order valence-electron chi connectivity index (χ2n) is 7.72. The molecule has 17 heteroatoms. The number of benzene rings is 2. The van der Waals surface area contributed by atoms with Crippen LogP contribution >= 0.6 is 0 Å². The van der Waals surface area contributed by atoms with E-state index in [1.807, 2.05) is 5.43 Å². The van der Waals surface area contributed by atoms with Gasteiger partial charge in [-0.1, -0.05) is 12.1 Å². The summed E-state index contributed by atoms with van der Waals surface area (Å²) in [6.07, 6.45) is 0. The lowest BCUT2D eigenvalue weighted by Crippen LogP contribution is -2.58. The van der Waals surface area contributed by atoms with Gasteiger partial charge in [-0.15, -0.1) is 0 Å². The highest BCUT2D eigenvalue weighted by Gasteiger charge is 2.63. The molecule has 1 heterocycles. The fraction of sp³-hybridized carbons (Fsp3) is 0.286. The number of nitro groups is 1. The van der Waals surface area contributed by atoms with E-state index in [-0.39, 0.29) is 17.1 Å². The summed E-state index contributed by atoms with van der Waals surface area (Å²) in [6, 6.07) is 7.79. The molecule has 0 aliphatic carbocycles. The lowest BCUT2D eigenvalue weighted by Gasteiger charge is -2.35. The zero-order valence-corrected chi connectivity index (χ0v) is 21.6. The van der Waals surface area contributed by atoms with Gasteiger partial charge in [-0.05, 0) is 29.8 Å². The van der Waals surface area contributed by atoms with Crippen molar-refractivity contribution in [3.05, 3.63) is 58.1 Å². The van der Waals surface area contributed by atoms with Crippen LogP contribution in [-0.2, 0) is 38.7 Å². The smallest absolute Gasteiger partial charge is 0.325 e. The molecular weight excluding hydrogens is 550 g/mol. The quantitative estimate of drug-likeness (QED) is 0.266. The van der Waals surface area contributed by atoms with Gasteiger partial charge in [0.1, 0.15) is 17.2 Å². The molecule has 0 bridgehead atoms. The lowest BCUT2D eigenvalue weighted by atomic mass is 9.91.